The number of ketones is 1. The summed E-state index contributed by atoms with van der Waals surface area (Å²) in [5.41, 5.74) is 7.60. The molecule has 1 N–H and O–H groups in total. The van der Waals surface area contributed by atoms with Crippen molar-refractivity contribution in [2.45, 2.75) is 39.8 Å². The van der Waals surface area contributed by atoms with E-state index in [1.165, 1.54) is 16.7 Å². The molecule has 0 fully saturated rings. The molecule has 0 amide bonds. The lowest BCUT2D eigenvalue weighted by atomic mass is 9.98. The molecule has 0 saturated heterocycles. The van der Waals surface area contributed by atoms with Gasteiger partial charge in [0.25, 0.3) is 0 Å². The van der Waals surface area contributed by atoms with E-state index < -0.39 is 6.04 Å². The van der Waals surface area contributed by atoms with E-state index in [4.69, 9.17) is 0 Å². The quantitative estimate of drug-likeness (QED) is 0.846. The number of nitrogens with one attached hydrogen (secondary N) is 1. The normalized spacial score (nSPS) is 21.9. The average Bonchev–Trinajstić information content (AvgIpc) is 2.81. The van der Waals surface area contributed by atoms with Crippen LogP contribution in [0.15, 0.2) is 28.5 Å². The number of aryl methyl sites for hydroxylation is 1. The third-order valence-corrected chi connectivity index (χ3v) is 3.74. The van der Waals surface area contributed by atoms with Crippen molar-refractivity contribution in [3.63, 3.8) is 0 Å². The number of carbonyl (C=O) groups excluding carboxylic acids is 1. The average molecular weight is 257 g/mol. The van der Waals surface area contributed by atoms with Gasteiger partial charge in [0.1, 0.15) is 0 Å². The van der Waals surface area contributed by atoms with Gasteiger partial charge in [-0.25, -0.2) is 0 Å². The van der Waals surface area contributed by atoms with Gasteiger partial charge < -0.3 is 0 Å². The van der Waals surface area contributed by atoms with Gasteiger partial charge in [0.15, 0.2) is 11.8 Å². The van der Waals surface area contributed by atoms with E-state index in [2.05, 4.69) is 42.6 Å². The highest BCUT2D eigenvalue weighted by Gasteiger charge is 2.26. The summed E-state index contributed by atoms with van der Waals surface area (Å²) in [6.45, 7) is 8.16. The lowest BCUT2D eigenvalue weighted by Gasteiger charge is -2.09. The van der Waals surface area contributed by atoms with E-state index in [0.29, 0.717) is 0 Å². The van der Waals surface area contributed by atoms with Crippen LogP contribution in [0.5, 0.6) is 0 Å². The van der Waals surface area contributed by atoms with Crippen molar-refractivity contribution < 1.29 is 4.79 Å². The fourth-order valence-electron chi connectivity index (χ4n) is 2.09. The van der Waals surface area contributed by atoms with Gasteiger partial charge in [-0.15, -0.1) is 0 Å². The van der Waals surface area contributed by atoms with E-state index >= 15 is 0 Å². The minimum Gasteiger partial charge on any atom is -0.292 e. The molecule has 2 atom stereocenters. The molecule has 100 valence electrons. The van der Waals surface area contributed by atoms with Gasteiger partial charge in [-0.3, -0.25) is 10.2 Å². The first-order valence-corrected chi connectivity index (χ1v) is 6.45. The van der Waals surface area contributed by atoms with Crippen molar-refractivity contribution >= 4 is 11.9 Å². The van der Waals surface area contributed by atoms with Gasteiger partial charge >= 0.3 is 0 Å². The first kappa shape index (κ1) is 13.5. The van der Waals surface area contributed by atoms with E-state index in [9.17, 15) is 4.79 Å². The Hall–Kier alpha value is -1.97. The lowest BCUT2D eigenvalue weighted by Crippen LogP contribution is -2.32. The molecular weight excluding hydrogens is 238 g/mol. The van der Waals surface area contributed by atoms with Crippen molar-refractivity contribution in [1.29, 1.82) is 0 Å². The second-order valence-electron chi connectivity index (χ2n) is 5.04. The Morgan fingerprint density at radius 1 is 1.26 bits per heavy atom. The molecule has 0 saturated carbocycles. The molecule has 4 nitrogen and oxygen atoms in total. The third kappa shape index (κ3) is 2.72. The van der Waals surface area contributed by atoms with Crippen LogP contribution in [0, 0.1) is 20.8 Å². The number of hydrogen-bond donors (Lipinski definition) is 1. The van der Waals surface area contributed by atoms with Crippen LogP contribution >= 0.6 is 0 Å². The number of carbonyl (C=O) groups is 1. The summed E-state index contributed by atoms with van der Waals surface area (Å²) < 4.78 is 0. The summed E-state index contributed by atoms with van der Waals surface area (Å²) in [7, 11) is 0. The zero-order chi connectivity index (χ0) is 14.0. The minimum atomic E-state index is -0.400. The Morgan fingerprint density at radius 2 is 2.00 bits per heavy atom. The zero-order valence-electron chi connectivity index (χ0n) is 11.8. The summed E-state index contributed by atoms with van der Waals surface area (Å²) >= 11 is 0. The van der Waals surface area contributed by atoms with Crippen LogP contribution in [-0.2, 0) is 4.79 Å². The zero-order valence-corrected chi connectivity index (χ0v) is 11.8. The summed E-state index contributed by atoms with van der Waals surface area (Å²) in [5, 5.41) is 7.58. The Labute approximate surface area is 113 Å². The number of rotatable bonds is 3. The molecule has 4 heteroatoms. The fraction of sp³-hybridized carbons (Fsp3) is 0.400. The monoisotopic (exact) mass is 257 g/mol. The molecule has 0 aliphatic carbocycles. The van der Waals surface area contributed by atoms with E-state index in [1.54, 1.807) is 6.08 Å². The molecule has 1 aromatic carbocycles. The van der Waals surface area contributed by atoms with Gasteiger partial charge in [0.05, 0.1) is 6.04 Å². The first-order valence-electron chi connectivity index (χ1n) is 6.45. The fourth-order valence-corrected chi connectivity index (χ4v) is 2.09. The SMILES string of the molecule is Cc1ccc(/C=C/C(=O)C2N=NNC2C)c(C)c1C. The van der Waals surface area contributed by atoms with Crippen molar-refractivity contribution in [1.82, 2.24) is 5.43 Å². The van der Waals surface area contributed by atoms with Crippen molar-refractivity contribution in [2.75, 3.05) is 0 Å². The van der Waals surface area contributed by atoms with Gasteiger partial charge in [-0.05, 0) is 56.0 Å². The predicted octanol–water partition coefficient (Wildman–Crippen LogP) is 2.92. The standard InChI is InChI=1S/C15H19N3O/c1-9-5-6-13(11(3)10(9)2)7-8-14(19)15-12(4)16-18-17-15/h5-8,12,15H,1-4H3,(H,16,17)/b8-7+. The summed E-state index contributed by atoms with van der Waals surface area (Å²) in [5.74, 6) is -0.0149. The van der Waals surface area contributed by atoms with Gasteiger partial charge in [-0.2, -0.15) is 5.11 Å². The van der Waals surface area contributed by atoms with Gasteiger partial charge in [0, 0.05) is 0 Å². The van der Waals surface area contributed by atoms with Crippen molar-refractivity contribution in [3.05, 3.63) is 40.5 Å². The Kier molecular flexibility index (Phi) is 3.79. The number of hydrogen-bond acceptors (Lipinski definition) is 4. The van der Waals surface area contributed by atoms with Crippen molar-refractivity contribution in [3.8, 4) is 0 Å². The summed E-state index contributed by atoms with van der Waals surface area (Å²) in [6.07, 6.45) is 3.47. The van der Waals surface area contributed by atoms with Crippen LogP contribution in [0.4, 0.5) is 0 Å². The smallest absolute Gasteiger partial charge is 0.184 e. The number of nitrogens with zero attached hydrogens (tertiary/aromatic N) is 2. The minimum absolute atomic E-state index is 0.0149. The number of benzene rings is 1. The van der Waals surface area contributed by atoms with Crippen LogP contribution in [-0.4, -0.2) is 17.9 Å². The highest BCUT2D eigenvalue weighted by Crippen LogP contribution is 2.18. The maximum atomic E-state index is 12.0. The van der Waals surface area contributed by atoms with Gasteiger partial charge in [-0.1, -0.05) is 23.4 Å². The van der Waals surface area contributed by atoms with Gasteiger partial charge in [0.2, 0.25) is 0 Å². The molecule has 2 unspecified atom stereocenters. The maximum Gasteiger partial charge on any atom is 0.184 e. The third-order valence-electron chi connectivity index (χ3n) is 3.74. The van der Waals surface area contributed by atoms with E-state index in [1.807, 2.05) is 19.1 Å². The molecular formula is C15H19N3O. The molecule has 1 aliphatic heterocycles. The molecule has 0 spiro atoms. The molecule has 1 heterocycles. The van der Waals surface area contributed by atoms with Crippen LogP contribution < -0.4 is 5.43 Å². The lowest BCUT2D eigenvalue weighted by molar-refractivity contribution is -0.115. The van der Waals surface area contributed by atoms with Crippen LogP contribution in [0.2, 0.25) is 0 Å². The summed E-state index contributed by atoms with van der Waals surface area (Å²) in [4.78, 5) is 12.0. The molecule has 0 radical (unpaired) electrons. The Bertz CT molecular complexity index is 561. The molecule has 2 rings (SSSR count). The molecule has 0 bridgehead atoms. The second kappa shape index (κ2) is 5.34. The highest BCUT2D eigenvalue weighted by atomic mass is 16.1. The van der Waals surface area contributed by atoms with Crippen LogP contribution in [0.3, 0.4) is 0 Å². The molecule has 19 heavy (non-hydrogen) atoms. The first-order chi connectivity index (χ1) is 9.00. The topological polar surface area (TPSA) is 53.8 Å². The molecule has 1 aliphatic rings. The molecule has 1 aromatic rings. The van der Waals surface area contributed by atoms with Crippen molar-refractivity contribution in [2.24, 2.45) is 10.3 Å². The Morgan fingerprint density at radius 3 is 2.63 bits per heavy atom. The largest absolute Gasteiger partial charge is 0.292 e. The molecule has 0 aromatic heterocycles. The maximum absolute atomic E-state index is 12.0. The predicted molar refractivity (Wildman–Crippen MR) is 75.9 cm³/mol. The van der Waals surface area contributed by atoms with Crippen LogP contribution in [0.25, 0.3) is 6.08 Å². The second-order valence-corrected chi connectivity index (χ2v) is 5.04. The van der Waals surface area contributed by atoms with E-state index in [0.717, 1.165) is 5.56 Å². The highest BCUT2D eigenvalue weighted by molar-refractivity contribution is 5.98. The Balaban J connectivity index is 2.17. The van der Waals surface area contributed by atoms with E-state index in [-0.39, 0.29) is 11.8 Å². The summed E-state index contributed by atoms with van der Waals surface area (Å²) in [6, 6.07) is 3.69. The van der Waals surface area contributed by atoms with Crippen LogP contribution in [0.1, 0.15) is 29.2 Å².